The van der Waals surface area contributed by atoms with Gasteiger partial charge in [0.1, 0.15) is 12.6 Å². The van der Waals surface area contributed by atoms with Crippen LogP contribution in [0.1, 0.15) is 17.0 Å². The van der Waals surface area contributed by atoms with Gasteiger partial charge in [0, 0.05) is 11.7 Å². The first-order chi connectivity index (χ1) is 12.1. The second-order valence-electron chi connectivity index (χ2n) is 6.13. The summed E-state index contributed by atoms with van der Waals surface area (Å²) in [4.78, 5) is 23.3. The van der Waals surface area contributed by atoms with Crippen molar-refractivity contribution in [3.8, 4) is 11.1 Å². The normalized spacial score (nSPS) is 21.6. The number of hydrogen-bond acceptors (Lipinski definition) is 5. The Bertz CT molecular complexity index is 792. The Morgan fingerprint density at radius 3 is 2.24 bits per heavy atom. The number of carboxylic acid groups (broad SMARTS) is 1. The average Bonchev–Trinajstić information content (AvgIpc) is 3.24. The van der Waals surface area contributed by atoms with Gasteiger partial charge in [-0.1, -0.05) is 48.5 Å². The number of fused-ring (bicyclic) bond motifs is 3. The van der Waals surface area contributed by atoms with Gasteiger partial charge in [-0.05, 0) is 22.3 Å². The van der Waals surface area contributed by atoms with Crippen molar-refractivity contribution in [2.24, 2.45) is 0 Å². The first-order valence-corrected chi connectivity index (χ1v) is 9.15. The fourth-order valence-electron chi connectivity index (χ4n) is 3.43. The minimum Gasteiger partial charge on any atom is -0.480 e. The molecule has 0 saturated carbocycles. The topological polar surface area (TPSA) is 75.6 Å². The van der Waals surface area contributed by atoms with Crippen LogP contribution in [0, 0.1) is 0 Å². The molecular formula is C19H17NO4S. The molecule has 2 aromatic carbocycles. The van der Waals surface area contributed by atoms with E-state index in [1.165, 1.54) is 22.9 Å². The third kappa shape index (κ3) is 2.92. The van der Waals surface area contributed by atoms with E-state index < -0.39 is 23.4 Å². The zero-order valence-electron chi connectivity index (χ0n) is 13.3. The summed E-state index contributed by atoms with van der Waals surface area (Å²) in [7, 11) is 0. The molecule has 0 spiro atoms. The molecule has 0 bridgehead atoms. The number of thioether (sulfide) groups is 1. The largest absolute Gasteiger partial charge is 0.480 e. The lowest BCUT2D eigenvalue weighted by Gasteiger charge is -2.16. The van der Waals surface area contributed by atoms with Crippen molar-refractivity contribution in [3.05, 3.63) is 59.7 Å². The predicted molar refractivity (Wildman–Crippen MR) is 95.5 cm³/mol. The molecule has 2 atom stereocenters. The molecule has 128 valence electrons. The zero-order chi connectivity index (χ0) is 17.4. The molecule has 1 fully saturated rings. The lowest BCUT2D eigenvalue weighted by molar-refractivity contribution is -0.144. The van der Waals surface area contributed by atoms with Crippen molar-refractivity contribution >= 4 is 23.7 Å². The van der Waals surface area contributed by atoms with Gasteiger partial charge < -0.3 is 9.84 Å². The van der Waals surface area contributed by atoms with Crippen LogP contribution in [0.25, 0.3) is 11.1 Å². The number of hydrogen-bond donors (Lipinski definition) is 2. The Labute approximate surface area is 149 Å². The van der Waals surface area contributed by atoms with Crippen LogP contribution in [-0.4, -0.2) is 40.8 Å². The Kier molecular flexibility index (Phi) is 4.23. The standard InChI is InChI=1S/C19H17NO4S/c21-18(22)16-10-25-17(20-16)19(23)24-9-15-13-7-3-1-5-11(13)12-6-2-4-8-14(12)15/h1-8,15-17,20H,9-10H2,(H,21,22)/t16-,17-/m0/s1. The molecule has 4 rings (SSSR count). The number of benzene rings is 2. The van der Waals surface area contributed by atoms with E-state index in [0.29, 0.717) is 5.75 Å². The Morgan fingerprint density at radius 1 is 1.08 bits per heavy atom. The highest BCUT2D eigenvalue weighted by Gasteiger charge is 2.36. The number of aliphatic carboxylic acids is 1. The minimum absolute atomic E-state index is 0.0121. The van der Waals surface area contributed by atoms with Crippen molar-refractivity contribution in [1.82, 2.24) is 5.32 Å². The fraction of sp³-hybridized carbons (Fsp3) is 0.263. The molecule has 6 heteroatoms. The lowest BCUT2D eigenvalue weighted by Crippen LogP contribution is -2.40. The average molecular weight is 355 g/mol. The van der Waals surface area contributed by atoms with E-state index in [4.69, 9.17) is 9.84 Å². The van der Waals surface area contributed by atoms with Gasteiger partial charge in [0.05, 0.1) is 0 Å². The quantitative estimate of drug-likeness (QED) is 0.821. The maximum atomic E-state index is 12.3. The van der Waals surface area contributed by atoms with Gasteiger partial charge in [0.2, 0.25) is 0 Å². The molecular weight excluding hydrogens is 338 g/mol. The first-order valence-electron chi connectivity index (χ1n) is 8.10. The minimum atomic E-state index is -0.943. The third-order valence-corrected chi connectivity index (χ3v) is 5.84. The molecule has 0 unspecified atom stereocenters. The maximum absolute atomic E-state index is 12.3. The highest BCUT2D eigenvalue weighted by atomic mass is 32.2. The van der Waals surface area contributed by atoms with Crippen LogP contribution in [0.3, 0.4) is 0 Å². The second kappa shape index (κ2) is 6.54. The molecule has 5 nitrogen and oxygen atoms in total. The Morgan fingerprint density at radius 2 is 1.68 bits per heavy atom. The van der Waals surface area contributed by atoms with Gasteiger partial charge >= 0.3 is 11.9 Å². The molecule has 2 N–H and O–H groups in total. The van der Waals surface area contributed by atoms with Crippen LogP contribution in [0.5, 0.6) is 0 Å². The summed E-state index contributed by atoms with van der Waals surface area (Å²) in [6, 6.07) is 15.6. The lowest BCUT2D eigenvalue weighted by atomic mass is 9.98. The van der Waals surface area contributed by atoms with Crippen LogP contribution < -0.4 is 5.32 Å². The highest BCUT2D eigenvalue weighted by Crippen LogP contribution is 2.44. The summed E-state index contributed by atoms with van der Waals surface area (Å²) >= 11 is 1.27. The molecule has 1 aliphatic carbocycles. The SMILES string of the molecule is O=C(O)[C@@H]1CS[C@@H](C(=O)OCC2c3ccccc3-c3ccccc32)N1. The van der Waals surface area contributed by atoms with Gasteiger partial charge in [-0.15, -0.1) is 11.8 Å². The Balaban J connectivity index is 1.48. The summed E-state index contributed by atoms with van der Waals surface area (Å²) < 4.78 is 5.54. The van der Waals surface area contributed by atoms with Crippen LogP contribution in [0.4, 0.5) is 0 Å². The molecule has 0 radical (unpaired) electrons. The molecule has 0 aromatic heterocycles. The molecule has 2 aliphatic rings. The number of rotatable bonds is 4. The van der Waals surface area contributed by atoms with E-state index in [1.807, 2.05) is 24.3 Å². The number of nitrogens with one attached hydrogen (secondary N) is 1. The molecule has 1 heterocycles. The van der Waals surface area contributed by atoms with Gasteiger partial charge in [-0.25, -0.2) is 4.79 Å². The number of carbonyl (C=O) groups excluding carboxylic acids is 1. The van der Waals surface area contributed by atoms with Crippen molar-refractivity contribution in [3.63, 3.8) is 0 Å². The smallest absolute Gasteiger partial charge is 0.333 e. The van der Waals surface area contributed by atoms with Gasteiger partial charge in [-0.3, -0.25) is 10.1 Å². The molecule has 1 aliphatic heterocycles. The van der Waals surface area contributed by atoms with E-state index in [-0.39, 0.29) is 12.5 Å². The molecule has 1 saturated heterocycles. The molecule has 2 aromatic rings. The van der Waals surface area contributed by atoms with Crippen molar-refractivity contribution < 1.29 is 19.4 Å². The van der Waals surface area contributed by atoms with Crippen molar-refractivity contribution in [2.75, 3.05) is 12.4 Å². The highest BCUT2D eigenvalue weighted by molar-refractivity contribution is 8.00. The number of ether oxygens (including phenoxy) is 1. The summed E-state index contributed by atoms with van der Waals surface area (Å²) in [5.41, 5.74) is 4.68. The predicted octanol–water partition coefficient (Wildman–Crippen LogP) is 2.46. The third-order valence-electron chi connectivity index (χ3n) is 4.65. The number of carboxylic acids is 1. The van der Waals surface area contributed by atoms with Crippen LogP contribution in [0.2, 0.25) is 0 Å². The van der Waals surface area contributed by atoms with Crippen LogP contribution in [0.15, 0.2) is 48.5 Å². The maximum Gasteiger partial charge on any atom is 0.333 e. The fourth-order valence-corrected chi connectivity index (χ4v) is 4.52. The summed E-state index contributed by atoms with van der Waals surface area (Å²) in [6.07, 6.45) is 0. The van der Waals surface area contributed by atoms with E-state index in [0.717, 1.165) is 11.1 Å². The number of carbonyl (C=O) groups is 2. The summed E-state index contributed by atoms with van der Waals surface area (Å²) in [5.74, 6) is -0.973. The van der Waals surface area contributed by atoms with Gasteiger partial charge in [0.15, 0.2) is 5.37 Å². The van der Waals surface area contributed by atoms with E-state index in [2.05, 4.69) is 29.6 Å². The van der Waals surface area contributed by atoms with Crippen molar-refractivity contribution in [1.29, 1.82) is 0 Å². The van der Waals surface area contributed by atoms with Gasteiger partial charge in [0.25, 0.3) is 0 Å². The monoisotopic (exact) mass is 355 g/mol. The summed E-state index contributed by atoms with van der Waals surface area (Å²) in [5, 5.41) is 11.2. The second-order valence-corrected chi connectivity index (χ2v) is 7.27. The van der Waals surface area contributed by atoms with E-state index in [1.54, 1.807) is 0 Å². The van der Waals surface area contributed by atoms with Crippen LogP contribution in [-0.2, 0) is 14.3 Å². The summed E-state index contributed by atoms with van der Waals surface area (Å²) in [6.45, 7) is 0.253. The van der Waals surface area contributed by atoms with Crippen LogP contribution >= 0.6 is 11.8 Å². The number of esters is 1. The van der Waals surface area contributed by atoms with E-state index in [9.17, 15) is 9.59 Å². The molecule has 0 amide bonds. The Hall–Kier alpha value is -2.31. The van der Waals surface area contributed by atoms with Gasteiger partial charge in [-0.2, -0.15) is 0 Å². The molecule has 25 heavy (non-hydrogen) atoms. The first kappa shape index (κ1) is 16.2. The van der Waals surface area contributed by atoms with E-state index >= 15 is 0 Å². The zero-order valence-corrected chi connectivity index (χ0v) is 14.2. The van der Waals surface area contributed by atoms with Crippen molar-refractivity contribution in [2.45, 2.75) is 17.3 Å².